The van der Waals surface area contributed by atoms with Gasteiger partial charge in [0, 0.05) is 5.92 Å². The molecule has 0 bridgehead atoms. The molecule has 0 aromatic heterocycles. The number of aliphatic hydroxyl groups excluding tert-OH is 1. The van der Waals surface area contributed by atoms with E-state index >= 15 is 0 Å². The highest BCUT2D eigenvalue weighted by Gasteiger charge is 2.86. The zero-order chi connectivity index (χ0) is 17.5. The van der Waals surface area contributed by atoms with E-state index in [2.05, 4.69) is 4.74 Å². The largest absolute Gasteiger partial charge is 0.464 e. The van der Waals surface area contributed by atoms with Gasteiger partial charge in [0.05, 0.1) is 18.6 Å². The van der Waals surface area contributed by atoms with E-state index in [1.165, 1.54) is 6.92 Å². The fourth-order valence-electron chi connectivity index (χ4n) is 3.61. The lowest BCUT2D eigenvalue weighted by molar-refractivity contribution is -0.185. The van der Waals surface area contributed by atoms with Crippen molar-refractivity contribution in [2.75, 3.05) is 6.61 Å². The number of esters is 2. The number of ether oxygens (including phenoxy) is 2. The number of alkyl halides is 1. The molecule has 0 heterocycles. The van der Waals surface area contributed by atoms with Gasteiger partial charge in [-0.1, -0.05) is 30.3 Å². The fraction of sp³-hybridized carbons (Fsp3) is 0.529. The van der Waals surface area contributed by atoms with Crippen molar-refractivity contribution in [2.45, 2.75) is 37.3 Å². The Morgan fingerprint density at radius 2 is 1.92 bits per heavy atom. The Labute approximate surface area is 138 Å². The number of hydrogen-bond donors (Lipinski definition) is 2. The van der Waals surface area contributed by atoms with Crippen molar-refractivity contribution in [3.05, 3.63) is 35.9 Å². The molecule has 2 saturated carbocycles. The van der Waals surface area contributed by atoms with Crippen molar-refractivity contribution >= 4 is 11.9 Å². The van der Waals surface area contributed by atoms with Gasteiger partial charge in [0.25, 0.3) is 0 Å². The topological polar surface area (TPSA) is 93.1 Å². The van der Waals surface area contributed by atoms with Gasteiger partial charge < -0.3 is 19.7 Å². The van der Waals surface area contributed by atoms with Crippen molar-refractivity contribution < 1.29 is 33.7 Å². The summed E-state index contributed by atoms with van der Waals surface area (Å²) < 4.78 is 24.6. The van der Waals surface area contributed by atoms with Gasteiger partial charge in [0.1, 0.15) is 6.61 Å². The summed E-state index contributed by atoms with van der Waals surface area (Å²) in [6.07, 6.45) is -1.68. The lowest BCUT2D eigenvalue weighted by atomic mass is 9.90. The normalized spacial score (nSPS) is 36.8. The van der Waals surface area contributed by atoms with Crippen LogP contribution in [0.5, 0.6) is 0 Å². The van der Waals surface area contributed by atoms with E-state index in [-0.39, 0.29) is 19.6 Å². The molecule has 0 radical (unpaired) electrons. The Morgan fingerprint density at radius 3 is 2.54 bits per heavy atom. The summed E-state index contributed by atoms with van der Waals surface area (Å²) in [5.74, 6) is -4.53. The predicted molar refractivity (Wildman–Crippen MR) is 79.3 cm³/mol. The molecule has 0 saturated heterocycles. The minimum Gasteiger partial charge on any atom is -0.464 e. The minimum atomic E-state index is -2.45. The second-order valence-electron chi connectivity index (χ2n) is 6.21. The summed E-state index contributed by atoms with van der Waals surface area (Å²) in [5, 5.41) is 20.6. The number of benzene rings is 1. The first-order valence-corrected chi connectivity index (χ1v) is 7.84. The van der Waals surface area contributed by atoms with Crippen molar-refractivity contribution in [1.82, 2.24) is 0 Å². The SMILES string of the molecule is CCOC(=O)C1(F)C2CC(O)C(O)(C(=O)OCc3ccccc3)C21. The van der Waals surface area contributed by atoms with Gasteiger partial charge in [0.15, 0.2) is 5.60 Å². The van der Waals surface area contributed by atoms with Gasteiger partial charge in [-0.3, -0.25) is 0 Å². The van der Waals surface area contributed by atoms with Crippen LogP contribution in [-0.4, -0.2) is 46.1 Å². The van der Waals surface area contributed by atoms with Gasteiger partial charge in [-0.05, 0) is 18.9 Å². The number of aliphatic hydroxyl groups is 2. The maximum Gasteiger partial charge on any atom is 0.344 e. The maximum atomic E-state index is 14.8. The summed E-state index contributed by atoms with van der Waals surface area (Å²) in [4.78, 5) is 24.1. The third-order valence-corrected chi connectivity index (χ3v) is 4.87. The Balaban J connectivity index is 1.73. The van der Waals surface area contributed by atoms with Crippen LogP contribution < -0.4 is 0 Å². The molecule has 2 N–H and O–H groups in total. The number of fused-ring (bicyclic) bond motifs is 1. The summed E-state index contributed by atoms with van der Waals surface area (Å²) in [6.45, 7) is 1.41. The van der Waals surface area contributed by atoms with Gasteiger partial charge in [-0.2, -0.15) is 0 Å². The lowest BCUT2D eigenvalue weighted by Crippen LogP contribution is -2.53. The average molecular weight is 338 g/mol. The number of carbonyl (C=O) groups excluding carboxylic acids is 2. The van der Waals surface area contributed by atoms with Crippen LogP contribution in [0.1, 0.15) is 18.9 Å². The monoisotopic (exact) mass is 338 g/mol. The average Bonchev–Trinajstić information content (AvgIpc) is 3.07. The van der Waals surface area contributed by atoms with Gasteiger partial charge in [-0.15, -0.1) is 0 Å². The van der Waals surface area contributed by atoms with Gasteiger partial charge in [0.2, 0.25) is 5.67 Å². The van der Waals surface area contributed by atoms with E-state index in [1.54, 1.807) is 30.3 Å². The van der Waals surface area contributed by atoms with E-state index in [1.807, 2.05) is 0 Å². The third kappa shape index (κ3) is 2.31. The molecule has 1 aromatic rings. The predicted octanol–water partition coefficient (Wildman–Crippen LogP) is 0.743. The Bertz CT molecular complexity index is 650. The molecular formula is C17H19FO6. The van der Waals surface area contributed by atoms with Crippen LogP contribution in [0.2, 0.25) is 0 Å². The second kappa shape index (κ2) is 5.82. The number of rotatable bonds is 5. The number of halogens is 1. The van der Waals surface area contributed by atoms with Crippen LogP contribution in [0.4, 0.5) is 4.39 Å². The molecule has 6 nitrogen and oxygen atoms in total. The lowest BCUT2D eigenvalue weighted by Gasteiger charge is -2.29. The summed E-state index contributed by atoms with van der Waals surface area (Å²) in [6, 6.07) is 8.76. The van der Waals surface area contributed by atoms with Crippen molar-refractivity contribution in [3.63, 3.8) is 0 Å². The van der Waals surface area contributed by atoms with Crippen LogP contribution in [0.25, 0.3) is 0 Å². The minimum absolute atomic E-state index is 0.0105. The zero-order valence-corrected chi connectivity index (χ0v) is 13.1. The van der Waals surface area contributed by atoms with Crippen LogP contribution in [0.15, 0.2) is 30.3 Å². The molecule has 2 aliphatic carbocycles. The second-order valence-corrected chi connectivity index (χ2v) is 6.21. The first-order valence-electron chi connectivity index (χ1n) is 7.84. The Morgan fingerprint density at radius 1 is 1.25 bits per heavy atom. The molecule has 7 heteroatoms. The molecule has 2 aliphatic rings. The molecule has 2 fully saturated rings. The molecule has 5 atom stereocenters. The maximum absolute atomic E-state index is 14.8. The summed E-state index contributed by atoms with van der Waals surface area (Å²) >= 11 is 0. The molecule has 0 amide bonds. The first kappa shape index (κ1) is 16.9. The molecule has 130 valence electrons. The summed E-state index contributed by atoms with van der Waals surface area (Å²) in [5.41, 5.74) is -4.21. The van der Waals surface area contributed by atoms with E-state index in [0.29, 0.717) is 5.56 Å². The standard InChI is InChI=1S/C17H19FO6/c1-2-23-14(20)16(18)11-8-12(19)17(22,13(11)16)15(21)24-9-10-6-4-3-5-7-10/h3-7,11-13,19,22H,2,8-9H2,1H3. The highest BCUT2D eigenvalue weighted by atomic mass is 19.1. The molecule has 0 spiro atoms. The van der Waals surface area contributed by atoms with Crippen molar-refractivity contribution in [3.8, 4) is 0 Å². The zero-order valence-electron chi connectivity index (χ0n) is 13.1. The van der Waals surface area contributed by atoms with E-state index in [0.717, 1.165) is 0 Å². The van der Waals surface area contributed by atoms with Gasteiger partial charge >= 0.3 is 11.9 Å². The molecular weight excluding hydrogens is 319 g/mol. The smallest absolute Gasteiger partial charge is 0.344 e. The van der Waals surface area contributed by atoms with Crippen molar-refractivity contribution in [2.24, 2.45) is 11.8 Å². The van der Waals surface area contributed by atoms with Crippen LogP contribution in [-0.2, 0) is 25.7 Å². The molecule has 24 heavy (non-hydrogen) atoms. The number of hydrogen-bond acceptors (Lipinski definition) is 6. The van der Waals surface area contributed by atoms with Crippen LogP contribution in [0.3, 0.4) is 0 Å². The highest BCUT2D eigenvalue weighted by Crippen LogP contribution is 2.67. The first-order chi connectivity index (χ1) is 11.4. The summed E-state index contributed by atoms with van der Waals surface area (Å²) in [7, 11) is 0. The Kier molecular flexibility index (Phi) is 4.09. The van der Waals surface area contributed by atoms with E-state index in [4.69, 9.17) is 4.74 Å². The van der Waals surface area contributed by atoms with Crippen LogP contribution in [0, 0.1) is 11.8 Å². The van der Waals surface area contributed by atoms with E-state index in [9.17, 15) is 24.2 Å². The van der Waals surface area contributed by atoms with Crippen molar-refractivity contribution in [1.29, 1.82) is 0 Å². The van der Waals surface area contributed by atoms with Crippen LogP contribution >= 0.6 is 0 Å². The third-order valence-electron chi connectivity index (χ3n) is 4.87. The molecule has 0 aliphatic heterocycles. The Hall–Kier alpha value is -1.99. The molecule has 1 aromatic carbocycles. The fourth-order valence-corrected chi connectivity index (χ4v) is 3.61. The molecule has 3 rings (SSSR count). The highest BCUT2D eigenvalue weighted by molar-refractivity contribution is 5.91. The molecule has 5 unspecified atom stereocenters. The van der Waals surface area contributed by atoms with E-state index < -0.39 is 41.1 Å². The quantitative estimate of drug-likeness (QED) is 0.770. The number of carbonyl (C=O) groups is 2. The van der Waals surface area contributed by atoms with Gasteiger partial charge in [-0.25, -0.2) is 14.0 Å².